The number of rotatable bonds is 10. The minimum atomic E-state index is 0.612. The van der Waals surface area contributed by atoms with E-state index in [2.05, 4.69) is 62.4 Å². The van der Waals surface area contributed by atoms with Crippen LogP contribution in [-0.4, -0.2) is 34.4 Å². The van der Waals surface area contributed by atoms with Gasteiger partial charge in [0.1, 0.15) is 11.6 Å². The monoisotopic (exact) mass is 398 g/mol. The molecule has 7 heteroatoms. The van der Waals surface area contributed by atoms with Crippen LogP contribution in [0.5, 0.6) is 5.75 Å². The van der Waals surface area contributed by atoms with Gasteiger partial charge in [0, 0.05) is 32.1 Å². The number of nitrogens with one attached hydrogen (secondary N) is 2. The lowest BCUT2D eigenvalue weighted by Gasteiger charge is -2.15. The first-order valence-corrected chi connectivity index (χ1v) is 10.8. The number of aliphatic imine (C=N–C) groups is 1. The molecule has 0 aliphatic carbocycles. The highest BCUT2D eigenvalue weighted by atomic mass is 16.5. The molecular weight excluding hydrogens is 364 g/mol. The Hall–Kier alpha value is -2.57. The Bertz CT molecular complexity index is 814. The molecule has 29 heavy (non-hydrogen) atoms. The number of ether oxygens (including phenoxy) is 1. The van der Waals surface area contributed by atoms with Crippen molar-refractivity contribution < 1.29 is 4.74 Å². The van der Waals surface area contributed by atoms with E-state index in [0.717, 1.165) is 61.3 Å². The zero-order valence-corrected chi connectivity index (χ0v) is 18.0. The number of benzene rings is 1. The molecule has 7 nitrogen and oxygen atoms in total. The Labute approximate surface area is 174 Å². The molecule has 0 spiro atoms. The molecule has 1 aromatic carbocycles. The van der Waals surface area contributed by atoms with Gasteiger partial charge in [-0.2, -0.15) is 0 Å². The quantitative estimate of drug-likeness (QED) is 0.365. The van der Waals surface area contributed by atoms with Crippen LogP contribution < -0.4 is 15.4 Å². The lowest BCUT2D eigenvalue weighted by atomic mass is 10.1. The van der Waals surface area contributed by atoms with Crippen molar-refractivity contribution >= 4 is 5.96 Å². The van der Waals surface area contributed by atoms with Crippen LogP contribution in [0.4, 0.5) is 0 Å². The second kappa shape index (κ2) is 10.8. The molecule has 2 heterocycles. The van der Waals surface area contributed by atoms with Gasteiger partial charge in [0.05, 0.1) is 13.2 Å². The maximum absolute atomic E-state index is 6.08. The Morgan fingerprint density at radius 2 is 2.03 bits per heavy atom. The van der Waals surface area contributed by atoms with Gasteiger partial charge in [-0.05, 0) is 31.4 Å². The van der Waals surface area contributed by atoms with E-state index in [1.54, 1.807) is 7.05 Å². The summed E-state index contributed by atoms with van der Waals surface area (Å²) in [5.41, 5.74) is 2.35. The number of fused-ring (bicyclic) bond motifs is 1. The first kappa shape index (κ1) is 21.1. The van der Waals surface area contributed by atoms with Gasteiger partial charge in [-0.15, -0.1) is 10.2 Å². The molecule has 1 aromatic heterocycles. The summed E-state index contributed by atoms with van der Waals surface area (Å²) in [4.78, 5) is 4.34. The number of unbranched alkanes of at least 4 members (excludes halogenated alkanes) is 3. The van der Waals surface area contributed by atoms with Crippen molar-refractivity contribution in [1.29, 1.82) is 0 Å². The minimum Gasteiger partial charge on any atom is -0.493 e. The van der Waals surface area contributed by atoms with Gasteiger partial charge in [0.25, 0.3) is 0 Å². The molecule has 158 valence electrons. The van der Waals surface area contributed by atoms with Crippen LogP contribution in [0.2, 0.25) is 0 Å². The second-order valence-corrected chi connectivity index (χ2v) is 7.59. The van der Waals surface area contributed by atoms with Crippen molar-refractivity contribution in [2.75, 3.05) is 13.7 Å². The standard InChI is InChI=1S/C22H34N6O/c1-4-5-6-7-13-29-19-14-17(2)10-11-18(19)15-24-22(23-3)25-16-21-27-26-20-9-8-12-28(20)21/h10-11,14H,4-9,12-13,15-16H2,1-3H3,(H2,23,24,25). The number of guanidine groups is 1. The van der Waals surface area contributed by atoms with Crippen LogP contribution in [-0.2, 0) is 26.1 Å². The molecule has 0 radical (unpaired) electrons. The third-order valence-electron chi connectivity index (χ3n) is 5.25. The Balaban J connectivity index is 1.51. The molecule has 0 saturated heterocycles. The normalized spacial score (nSPS) is 13.4. The summed E-state index contributed by atoms with van der Waals surface area (Å²) in [6, 6.07) is 6.37. The molecule has 1 aliphatic rings. The Morgan fingerprint density at radius 1 is 1.17 bits per heavy atom. The van der Waals surface area contributed by atoms with E-state index in [1.807, 2.05) is 0 Å². The van der Waals surface area contributed by atoms with Gasteiger partial charge in [-0.1, -0.05) is 38.3 Å². The van der Waals surface area contributed by atoms with E-state index in [1.165, 1.54) is 24.8 Å². The topological polar surface area (TPSA) is 76.4 Å². The second-order valence-electron chi connectivity index (χ2n) is 7.59. The summed E-state index contributed by atoms with van der Waals surface area (Å²) in [5, 5.41) is 15.3. The minimum absolute atomic E-state index is 0.612. The zero-order chi connectivity index (χ0) is 20.5. The molecule has 0 unspecified atom stereocenters. The maximum atomic E-state index is 6.08. The maximum Gasteiger partial charge on any atom is 0.191 e. The lowest BCUT2D eigenvalue weighted by molar-refractivity contribution is 0.301. The van der Waals surface area contributed by atoms with Crippen LogP contribution in [0.25, 0.3) is 0 Å². The number of aromatic nitrogens is 3. The van der Waals surface area contributed by atoms with Crippen molar-refractivity contribution in [3.8, 4) is 5.75 Å². The fourth-order valence-electron chi connectivity index (χ4n) is 3.56. The third kappa shape index (κ3) is 5.95. The SMILES string of the molecule is CCCCCCOc1cc(C)ccc1CNC(=NC)NCc1nnc2n1CCC2. The van der Waals surface area contributed by atoms with Gasteiger partial charge in [-0.25, -0.2) is 0 Å². The number of nitrogens with zero attached hydrogens (tertiary/aromatic N) is 4. The van der Waals surface area contributed by atoms with Gasteiger partial charge in [-0.3, -0.25) is 4.99 Å². The first-order chi connectivity index (χ1) is 14.2. The molecule has 1 aliphatic heterocycles. The highest BCUT2D eigenvalue weighted by molar-refractivity contribution is 5.79. The average Bonchev–Trinajstić information content (AvgIpc) is 3.33. The fourth-order valence-corrected chi connectivity index (χ4v) is 3.56. The van der Waals surface area contributed by atoms with Crippen LogP contribution >= 0.6 is 0 Å². The van der Waals surface area contributed by atoms with Gasteiger partial charge >= 0.3 is 0 Å². The van der Waals surface area contributed by atoms with E-state index in [-0.39, 0.29) is 0 Å². The van der Waals surface area contributed by atoms with E-state index in [4.69, 9.17) is 4.74 Å². The number of hydrogen-bond donors (Lipinski definition) is 2. The van der Waals surface area contributed by atoms with Gasteiger partial charge < -0.3 is 19.9 Å². The molecule has 0 atom stereocenters. The summed E-state index contributed by atoms with van der Waals surface area (Å²) >= 11 is 0. The summed E-state index contributed by atoms with van der Waals surface area (Å²) < 4.78 is 8.28. The highest BCUT2D eigenvalue weighted by Gasteiger charge is 2.17. The van der Waals surface area contributed by atoms with Crippen LogP contribution in [0, 0.1) is 6.92 Å². The highest BCUT2D eigenvalue weighted by Crippen LogP contribution is 2.21. The van der Waals surface area contributed by atoms with Crippen LogP contribution in [0.3, 0.4) is 0 Å². The van der Waals surface area contributed by atoms with Crippen molar-refractivity contribution in [1.82, 2.24) is 25.4 Å². The number of hydrogen-bond acceptors (Lipinski definition) is 4. The molecule has 2 N–H and O–H groups in total. The van der Waals surface area contributed by atoms with E-state index < -0.39 is 0 Å². The molecule has 0 bridgehead atoms. The lowest BCUT2D eigenvalue weighted by Crippen LogP contribution is -2.37. The smallest absolute Gasteiger partial charge is 0.191 e. The van der Waals surface area contributed by atoms with Crippen molar-refractivity contribution in [2.24, 2.45) is 4.99 Å². The zero-order valence-electron chi connectivity index (χ0n) is 18.0. The predicted octanol–water partition coefficient (Wildman–Crippen LogP) is 3.36. The molecule has 3 rings (SSSR count). The first-order valence-electron chi connectivity index (χ1n) is 10.8. The van der Waals surface area contributed by atoms with Crippen LogP contribution in [0.15, 0.2) is 23.2 Å². The van der Waals surface area contributed by atoms with Crippen molar-refractivity contribution in [2.45, 2.75) is 72.0 Å². The van der Waals surface area contributed by atoms with E-state index in [0.29, 0.717) is 13.1 Å². The van der Waals surface area contributed by atoms with E-state index in [9.17, 15) is 0 Å². The largest absolute Gasteiger partial charge is 0.493 e. The number of aryl methyl sites for hydroxylation is 2. The average molecular weight is 399 g/mol. The Morgan fingerprint density at radius 3 is 2.86 bits per heavy atom. The van der Waals surface area contributed by atoms with Gasteiger partial charge in [0.15, 0.2) is 11.8 Å². The molecular formula is C22H34N6O. The molecule has 0 amide bonds. The van der Waals surface area contributed by atoms with E-state index >= 15 is 0 Å². The Kier molecular flexibility index (Phi) is 7.90. The fraction of sp³-hybridized carbons (Fsp3) is 0.591. The molecule has 0 fully saturated rings. The summed E-state index contributed by atoms with van der Waals surface area (Å²) in [6.07, 6.45) is 7.00. The van der Waals surface area contributed by atoms with Crippen LogP contribution in [0.1, 0.15) is 61.8 Å². The molecule has 0 saturated carbocycles. The van der Waals surface area contributed by atoms with Crippen molar-refractivity contribution in [3.05, 3.63) is 41.0 Å². The predicted molar refractivity (Wildman–Crippen MR) is 116 cm³/mol. The summed E-state index contributed by atoms with van der Waals surface area (Å²) in [5.74, 6) is 3.76. The van der Waals surface area contributed by atoms with Gasteiger partial charge in [0.2, 0.25) is 0 Å². The third-order valence-corrected chi connectivity index (χ3v) is 5.25. The summed E-state index contributed by atoms with van der Waals surface area (Å²) in [7, 11) is 1.78. The molecule has 2 aromatic rings. The van der Waals surface area contributed by atoms with Crippen molar-refractivity contribution in [3.63, 3.8) is 0 Å². The summed E-state index contributed by atoms with van der Waals surface area (Å²) in [6.45, 7) is 7.36.